The molecule has 3 nitrogen and oxygen atoms in total. The molecule has 0 saturated carbocycles. The maximum atomic E-state index is 10.8. The van der Waals surface area contributed by atoms with Crippen LogP contribution in [0, 0.1) is 20.8 Å². The number of hydrogen-bond donors (Lipinski definition) is 0. The van der Waals surface area contributed by atoms with Gasteiger partial charge in [0.2, 0.25) is 0 Å². The summed E-state index contributed by atoms with van der Waals surface area (Å²) in [6, 6.07) is 0. The smallest absolute Gasteiger partial charge is 0.171 e. The van der Waals surface area contributed by atoms with Gasteiger partial charge in [-0.2, -0.15) is 0 Å². The minimum atomic E-state index is 0.114. The minimum Gasteiger partial charge on any atom is -0.294 e. The second-order valence-electron chi connectivity index (χ2n) is 5.71. The molecular formula is C21H40N2OS2. The Labute approximate surface area is 170 Å². The standard InChI is InChI=1S/C8H13NS.C7H9NOS.3C2H6/c1-6-9-7(5-10-6)8(2,3)4;1-4-7(5(2)9)10-6(3)8-4;3*1-2/h5H,1-4H3;1-3H3;3*1-2H3. The van der Waals surface area contributed by atoms with Crippen molar-refractivity contribution in [3.63, 3.8) is 0 Å². The third kappa shape index (κ3) is 12.3. The minimum absolute atomic E-state index is 0.114. The molecule has 26 heavy (non-hydrogen) atoms. The fraction of sp³-hybridized carbons (Fsp3) is 0.667. The average molecular weight is 401 g/mol. The van der Waals surface area contributed by atoms with Crippen molar-refractivity contribution >= 4 is 28.5 Å². The van der Waals surface area contributed by atoms with E-state index in [0.29, 0.717) is 0 Å². The van der Waals surface area contributed by atoms with Crippen LogP contribution in [0.25, 0.3) is 0 Å². The molecule has 0 amide bonds. The number of carbonyl (C=O) groups is 1. The van der Waals surface area contributed by atoms with Crippen LogP contribution in [0.2, 0.25) is 0 Å². The highest BCUT2D eigenvalue weighted by Crippen LogP contribution is 2.23. The van der Waals surface area contributed by atoms with Crippen LogP contribution in [0.15, 0.2) is 5.38 Å². The van der Waals surface area contributed by atoms with E-state index in [-0.39, 0.29) is 11.2 Å². The van der Waals surface area contributed by atoms with Crippen molar-refractivity contribution < 1.29 is 4.79 Å². The van der Waals surface area contributed by atoms with Gasteiger partial charge in [0.05, 0.1) is 26.3 Å². The van der Waals surface area contributed by atoms with E-state index in [1.54, 1.807) is 18.3 Å². The van der Waals surface area contributed by atoms with Gasteiger partial charge in [-0.05, 0) is 20.8 Å². The molecule has 0 aliphatic carbocycles. The fourth-order valence-electron chi connectivity index (χ4n) is 1.57. The zero-order chi connectivity index (χ0) is 21.5. The number of thiazole rings is 2. The van der Waals surface area contributed by atoms with Crippen molar-refractivity contribution in [1.82, 2.24) is 9.97 Å². The summed E-state index contributed by atoms with van der Waals surface area (Å²) in [6.45, 7) is 25.9. The first-order valence-corrected chi connectivity index (χ1v) is 11.2. The van der Waals surface area contributed by atoms with Gasteiger partial charge >= 0.3 is 0 Å². The van der Waals surface area contributed by atoms with E-state index >= 15 is 0 Å². The normalized spacial score (nSPS) is 9.12. The molecule has 0 radical (unpaired) electrons. The first-order chi connectivity index (χ1) is 12.1. The Hall–Kier alpha value is -1.07. The summed E-state index contributed by atoms with van der Waals surface area (Å²) in [6.07, 6.45) is 0. The van der Waals surface area contributed by atoms with E-state index in [0.717, 1.165) is 20.6 Å². The Morgan fingerprint density at radius 2 is 1.35 bits per heavy atom. The average Bonchev–Trinajstić information content (AvgIpc) is 3.19. The van der Waals surface area contributed by atoms with Gasteiger partial charge in [0.1, 0.15) is 0 Å². The third-order valence-electron chi connectivity index (χ3n) is 2.61. The highest BCUT2D eigenvalue weighted by Gasteiger charge is 2.15. The number of hydrogen-bond acceptors (Lipinski definition) is 5. The summed E-state index contributed by atoms with van der Waals surface area (Å²) in [7, 11) is 0. The van der Waals surface area contributed by atoms with Crippen LogP contribution >= 0.6 is 22.7 Å². The van der Waals surface area contributed by atoms with E-state index in [9.17, 15) is 4.79 Å². The first kappa shape index (κ1) is 29.7. The van der Waals surface area contributed by atoms with Gasteiger partial charge in [-0.3, -0.25) is 4.79 Å². The van der Waals surface area contributed by atoms with E-state index < -0.39 is 0 Å². The maximum absolute atomic E-state index is 10.8. The van der Waals surface area contributed by atoms with Crippen LogP contribution in [0.4, 0.5) is 0 Å². The molecule has 0 aliphatic rings. The molecule has 2 heterocycles. The van der Waals surface area contributed by atoms with Crippen LogP contribution in [0.5, 0.6) is 0 Å². The zero-order valence-corrected chi connectivity index (χ0v) is 20.8. The summed E-state index contributed by atoms with van der Waals surface area (Å²) < 4.78 is 0. The van der Waals surface area contributed by atoms with Crippen molar-refractivity contribution in [3.05, 3.63) is 31.7 Å². The lowest BCUT2D eigenvalue weighted by molar-refractivity contribution is 0.102. The lowest BCUT2D eigenvalue weighted by Crippen LogP contribution is -2.11. The summed E-state index contributed by atoms with van der Waals surface area (Å²) >= 11 is 3.18. The third-order valence-corrected chi connectivity index (χ3v) is 4.56. The van der Waals surface area contributed by atoms with Crippen LogP contribution in [-0.2, 0) is 5.41 Å². The van der Waals surface area contributed by atoms with E-state index in [1.807, 2.05) is 62.3 Å². The van der Waals surface area contributed by atoms with Crippen molar-refractivity contribution in [3.8, 4) is 0 Å². The zero-order valence-electron chi connectivity index (χ0n) is 19.2. The monoisotopic (exact) mass is 400 g/mol. The summed E-state index contributed by atoms with van der Waals surface area (Å²) in [5.74, 6) is 0.114. The summed E-state index contributed by atoms with van der Waals surface area (Å²) in [5, 5.41) is 4.25. The molecule has 152 valence electrons. The van der Waals surface area contributed by atoms with Crippen molar-refractivity contribution in [2.45, 2.75) is 95.4 Å². The highest BCUT2D eigenvalue weighted by atomic mass is 32.1. The maximum Gasteiger partial charge on any atom is 0.171 e. The van der Waals surface area contributed by atoms with Crippen LogP contribution in [-0.4, -0.2) is 15.8 Å². The van der Waals surface area contributed by atoms with Gasteiger partial charge in [0, 0.05) is 17.7 Å². The van der Waals surface area contributed by atoms with Gasteiger partial charge < -0.3 is 0 Å². The summed E-state index contributed by atoms with van der Waals surface area (Å²) in [4.78, 5) is 20.2. The van der Waals surface area contributed by atoms with Gasteiger partial charge in [-0.15, -0.1) is 22.7 Å². The Balaban J connectivity index is -0.000000316. The number of carbonyl (C=O) groups excluding carboxylic acids is 1. The second-order valence-corrected chi connectivity index (χ2v) is 7.97. The molecule has 0 bridgehead atoms. The molecule has 0 atom stereocenters. The lowest BCUT2D eigenvalue weighted by Gasteiger charge is -2.13. The molecule has 5 heteroatoms. The Morgan fingerprint density at radius 3 is 1.50 bits per heavy atom. The quantitative estimate of drug-likeness (QED) is 0.459. The predicted octanol–water partition coefficient (Wildman–Crippen LogP) is 7.79. The Morgan fingerprint density at radius 1 is 0.885 bits per heavy atom. The van der Waals surface area contributed by atoms with Crippen LogP contribution in [0.1, 0.15) is 100 Å². The van der Waals surface area contributed by atoms with Crippen molar-refractivity contribution in [2.24, 2.45) is 0 Å². The van der Waals surface area contributed by atoms with Gasteiger partial charge in [-0.25, -0.2) is 9.97 Å². The Bertz CT molecular complexity index is 593. The molecule has 2 rings (SSSR count). The number of nitrogens with zero attached hydrogens (tertiary/aromatic N) is 2. The molecular weight excluding hydrogens is 360 g/mol. The van der Waals surface area contributed by atoms with E-state index in [2.05, 4.69) is 36.1 Å². The number of rotatable bonds is 1. The van der Waals surface area contributed by atoms with Gasteiger partial charge in [-0.1, -0.05) is 62.3 Å². The highest BCUT2D eigenvalue weighted by molar-refractivity contribution is 7.13. The lowest BCUT2D eigenvalue weighted by atomic mass is 9.93. The van der Waals surface area contributed by atoms with Crippen molar-refractivity contribution in [2.75, 3.05) is 0 Å². The van der Waals surface area contributed by atoms with Crippen LogP contribution < -0.4 is 0 Å². The number of Topliss-reactive ketones (excluding diaryl/α,β-unsaturated/α-hetero) is 1. The van der Waals surface area contributed by atoms with E-state index in [4.69, 9.17) is 0 Å². The fourth-order valence-corrected chi connectivity index (χ4v) is 3.22. The number of aryl methyl sites for hydroxylation is 3. The molecule has 0 unspecified atom stereocenters. The number of ketones is 1. The van der Waals surface area contributed by atoms with Crippen LogP contribution in [0.3, 0.4) is 0 Å². The molecule has 0 aromatic carbocycles. The SMILES string of the molecule is CC.CC.CC.CC(=O)c1sc(C)nc1C.Cc1nc(C(C)(C)C)cs1. The van der Waals surface area contributed by atoms with E-state index in [1.165, 1.54) is 17.0 Å². The molecule has 0 spiro atoms. The Kier molecular flexibility index (Phi) is 18.4. The topological polar surface area (TPSA) is 42.9 Å². The first-order valence-electron chi connectivity index (χ1n) is 9.49. The largest absolute Gasteiger partial charge is 0.294 e. The van der Waals surface area contributed by atoms with Crippen molar-refractivity contribution in [1.29, 1.82) is 0 Å². The van der Waals surface area contributed by atoms with Gasteiger partial charge in [0.15, 0.2) is 5.78 Å². The second kappa shape index (κ2) is 16.1. The molecule has 0 N–H and O–H groups in total. The number of aromatic nitrogens is 2. The van der Waals surface area contributed by atoms with Gasteiger partial charge in [0.25, 0.3) is 0 Å². The molecule has 2 aromatic rings. The molecule has 2 aromatic heterocycles. The molecule has 0 aliphatic heterocycles. The summed E-state index contributed by atoms with van der Waals surface area (Å²) in [5.41, 5.74) is 2.27. The predicted molar refractivity (Wildman–Crippen MR) is 121 cm³/mol. The molecule has 0 fully saturated rings. The molecule has 0 saturated heterocycles.